The number of nitrogens with zero attached hydrogens (tertiary/aromatic N) is 1. The standard InChI is InChI=1S/C13H24ClNO2/c1-5-10-6-11(14)13(16)9(3)12(10)15-8(2)7-17-4/h8-11,13,16H,5-7H2,1-4H3. The lowest BCUT2D eigenvalue weighted by Gasteiger charge is -2.36. The number of halogens is 1. The van der Waals surface area contributed by atoms with Crippen LogP contribution in [0.2, 0.25) is 0 Å². The van der Waals surface area contributed by atoms with Crippen LogP contribution < -0.4 is 0 Å². The van der Waals surface area contributed by atoms with Gasteiger partial charge in [-0.2, -0.15) is 0 Å². The zero-order chi connectivity index (χ0) is 13.0. The number of ether oxygens (including phenoxy) is 1. The van der Waals surface area contributed by atoms with E-state index >= 15 is 0 Å². The molecule has 0 saturated heterocycles. The lowest BCUT2D eigenvalue weighted by Crippen LogP contribution is -2.44. The molecule has 1 saturated carbocycles. The number of aliphatic hydroxyl groups is 1. The Morgan fingerprint density at radius 2 is 2.24 bits per heavy atom. The van der Waals surface area contributed by atoms with Gasteiger partial charge in [-0.05, 0) is 25.7 Å². The van der Waals surface area contributed by atoms with Crippen molar-refractivity contribution in [3.05, 3.63) is 0 Å². The van der Waals surface area contributed by atoms with Gasteiger partial charge in [-0.3, -0.25) is 4.99 Å². The Morgan fingerprint density at radius 1 is 1.59 bits per heavy atom. The van der Waals surface area contributed by atoms with E-state index in [0.29, 0.717) is 12.5 Å². The van der Waals surface area contributed by atoms with Gasteiger partial charge in [0.15, 0.2) is 0 Å². The SMILES string of the molecule is CCC1CC(Cl)C(O)C(C)C1=NC(C)COC. The van der Waals surface area contributed by atoms with Crippen molar-refractivity contribution in [2.75, 3.05) is 13.7 Å². The smallest absolute Gasteiger partial charge is 0.0781 e. The molecule has 5 atom stereocenters. The first kappa shape index (κ1) is 14.9. The number of hydrogen-bond donors (Lipinski definition) is 1. The van der Waals surface area contributed by atoms with Crippen LogP contribution in [0.25, 0.3) is 0 Å². The predicted molar refractivity (Wildman–Crippen MR) is 72.0 cm³/mol. The van der Waals surface area contributed by atoms with Crippen molar-refractivity contribution in [2.45, 2.75) is 51.1 Å². The molecule has 1 aliphatic rings. The van der Waals surface area contributed by atoms with E-state index in [1.165, 1.54) is 0 Å². The lowest BCUT2D eigenvalue weighted by molar-refractivity contribution is 0.118. The third kappa shape index (κ3) is 3.67. The highest BCUT2D eigenvalue weighted by molar-refractivity contribution is 6.21. The fraction of sp³-hybridized carbons (Fsp3) is 0.923. The van der Waals surface area contributed by atoms with Crippen molar-refractivity contribution in [1.29, 1.82) is 0 Å². The van der Waals surface area contributed by atoms with Gasteiger partial charge in [-0.15, -0.1) is 11.6 Å². The van der Waals surface area contributed by atoms with Gasteiger partial charge in [0, 0.05) is 18.7 Å². The molecule has 0 aromatic heterocycles. The Bertz CT molecular complexity index is 266. The highest BCUT2D eigenvalue weighted by Gasteiger charge is 2.37. The highest BCUT2D eigenvalue weighted by atomic mass is 35.5. The highest BCUT2D eigenvalue weighted by Crippen LogP contribution is 2.32. The predicted octanol–water partition coefficient (Wildman–Crippen LogP) is 2.50. The second kappa shape index (κ2) is 6.72. The number of hydrogen-bond acceptors (Lipinski definition) is 3. The van der Waals surface area contributed by atoms with E-state index in [-0.39, 0.29) is 17.3 Å². The van der Waals surface area contributed by atoms with Crippen LogP contribution in [0, 0.1) is 11.8 Å². The first-order chi connectivity index (χ1) is 8.01. The summed E-state index contributed by atoms with van der Waals surface area (Å²) in [5, 5.41) is 9.88. The Hall–Kier alpha value is -0.120. The van der Waals surface area contributed by atoms with Crippen molar-refractivity contribution in [3.63, 3.8) is 0 Å². The van der Waals surface area contributed by atoms with Crippen LogP contribution in [-0.4, -0.2) is 42.1 Å². The molecule has 0 amide bonds. The van der Waals surface area contributed by atoms with E-state index in [0.717, 1.165) is 18.6 Å². The molecule has 1 N–H and O–H groups in total. The molecule has 0 radical (unpaired) electrons. The van der Waals surface area contributed by atoms with Gasteiger partial charge in [0.05, 0.1) is 24.1 Å². The van der Waals surface area contributed by atoms with Gasteiger partial charge in [-0.25, -0.2) is 0 Å². The summed E-state index contributed by atoms with van der Waals surface area (Å²) in [6.07, 6.45) is 1.37. The van der Waals surface area contributed by atoms with E-state index in [2.05, 4.69) is 6.92 Å². The summed E-state index contributed by atoms with van der Waals surface area (Å²) in [6, 6.07) is 0.144. The van der Waals surface area contributed by atoms with Crippen molar-refractivity contribution in [3.8, 4) is 0 Å². The molecule has 0 aliphatic heterocycles. The van der Waals surface area contributed by atoms with Gasteiger partial charge in [0.1, 0.15) is 0 Å². The van der Waals surface area contributed by atoms with Crippen LogP contribution in [0.5, 0.6) is 0 Å². The second-order valence-corrected chi connectivity index (χ2v) is 5.56. The molecule has 4 heteroatoms. The van der Waals surface area contributed by atoms with Crippen LogP contribution >= 0.6 is 11.6 Å². The Morgan fingerprint density at radius 3 is 2.76 bits per heavy atom. The summed E-state index contributed by atoms with van der Waals surface area (Å²) in [4.78, 5) is 4.72. The molecule has 1 rings (SSSR count). The topological polar surface area (TPSA) is 41.8 Å². The quantitative estimate of drug-likeness (QED) is 0.790. The molecule has 100 valence electrons. The summed E-state index contributed by atoms with van der Waals surface area (Å²) in [7, 11) is 1.68. The van der Waals surface area contributed by atoms with Crippen LogP contribution in [-0.2, 0) is 4.74 Å². The molecule has 17 heavy (non-hydrogen) atoms. The maximum atomic E-state index is 10.0. The van der Waals surface area contributed by atoms with Crippen LogP contribution in [0.3, 0.4) is 0 Å². The third-order valence-corrected chi connectivity index (χ3v) is 3.98. The number of methoxy groups -OCH3 is 1. The molecule has 0 bridgehead atoms. The molecule has 0 spiro atoms. The summed E-state index contributed by atoms with van der Waals surface area (Å²) in [5.74, 6) is 0.450. The second-order valence-electron chi connectivity index (χ2n) is 4.99. The third-order valence-electron chi connectivity index (χ3n) is 3.55. The molecule has 0 aromatic rings. The molecule has 3 nitrogen and oxygen atoms in total. The normalized spacial score (nSPS) is 38.4. The fourth-order valence-electron chi connectivity index (χ4n) is 2.52. The zero-order valence-corrected chi connectivity index (χ0v) is 11.9. The lowest BCUT2D eigenvalue weighted by atomic mass is 9.77. The minimum absolute atomic E-state index is 0.0514. The number of aliphatic hydroxyl groups excluding tert-OH is 1. The number of aliphatic imine (C=N–C) groups is 1. The molecule has 5 unspecified atom stereocenters. The largest absolute Gasteiger partial charge is 0.391 e. The van der Waals surface area contributed by atoms with Crippen molar-refractivity contribution in [2.24, 2.45) is 16.8 Å². The molecule has 1 fully saturated rings. The Balaban J connectivity index is 2.84. The fourth-order valence-corrected chi connectivity index (χ4v) is 2.96. The van der Waals surface area contributed by atoms with E-state index in [1.807, 2.05) is 13.8 Å². The van der Waals surface area contributed by atoms with E-state index < -0.39 is 6.10 Å². The van der Waals surface area contributed by atoms with Crippen LogP contribution in [0.4, 0.5) is 0 Å². The van der Waals surface area contributed by atoms with Gasteiger partial charge in [0.25, 0.3) is 0 Å². The van der Waals surface area contributed by atoms with Crippen molar-refractivity contribution < 1.29 is 9.84 Å². The van der Waals surface area contributed by atoms with Crippen LogP contribution in [0.15, 0.2) is 4.99 Å². The Labute approximate surface area is 109 Å². The zero-order valence-electron chi connectivity index (χ0n) is 11.2. The van der Waals surface area contributed by atoms with E-state index in [4.69, 9.17) is 21.3 Å². The molecular formula is C13H24ClNO2. The van der Waals surface area contributed by atoms with E-state index in [9.17, 15) is 5.11 Å². The summed E-state index contributed by atoms with van der Waals surface area (Å²) in [6.45, 7) is 6.82. The maximum absolute atomic E-state index is 10.0. The average Bonchev–Trinajstić information content (AvgIpc) is 2.30. The summed E-state index contributed by atoms with van der Waals surface area (Å²) >= 11 is 6.17. The molecule has 1 aliphatic carbocycles. The molecule has 0 aromatic carbocycles. The summed E-state index contributed by atoms with van der Waals surface area (Å²) in [5.41, 5.74) is 1.11. The van der Waals surface area contributed by atoms with Gasteiger partial charge >= 0.3 is 0 Å². The minimum atomic E-state index is -0.479. The first-order valence-corrected chi connectivity index (χ1v) is 6.83. The Kier molecular flexibility index (Phi) is 5.90. The number of rotatable bonds is 4. The first-order valence-electron chi connectivity index (χ1n) is 6.39. The van der Waals surface area contributed by atoms with Crippen LogP contribution in [0.1, 0.15) is 33.6 Å². The van der Waals surface area contributed by atoms with Gasteiger partial charge in [-0.1, -0.05) is 13.8 Å². The monoisotopic (exact) mass is 261 g/mol. The summed E-state index contributed by atoms with van der Waals surface area (Å²) < 4.78 is 5.10. The van der Waals surface area contributed by atoms with Gasteiger partial charge < -0.3 is 9.84 Å². The number of alkyl halides is 1. The van der Waals surface area contributed by atoms with E-state index in [1.54, 1.807) is 7.11 Å². The van der Waals surface area contributed by atoms with Crippen molar-refractivity contribution in [1.82, 2.24) is 0 Å². The van der Waals surface area contributed by atoms with Crippen molar-refractivity contribution >= 4 is 17.3 Å². The van der Waals surface area contributed by atoms with Gasteiger partial charge in [0.2, 0.25) is 0 Å². The minimum Gasteiger partial charge on any atom is -0.391 e. The molecule has 0 heterocycles. The maximum Gasteiger partial charge on any atom is 0.0781 e. The average molecular weight is 262 g/mol. The molecular weight excluding hydrogens is 238 g/mol.